The van der Waals surface area contributed by atoms with Gasteiger partial charge in [0.1, 0.15) is 10.6 Å². The first-order valence-corrected chi connectivity index (χ1v) is 8.38. The second-order valence-corrected chi connectivity index (χ2v) is 6.92. The van der Waals surface area contributed by atoms with Gasteiger partial charge in [-0.2, -0.15) is 0 Å². The van der Waals surface area contributed by atoms with Crippen LogP contribution in [0.2, 0.25) is 0 Å². The Morgan fingerprint density at radius 2 is 2.05 bits per heavy atom. The van der Waals surface area contributed by atoms with Gasteiger partial charge in [-0.25, -0.2) is 13.6 Å². The fourth-order valence-corrected chi connectivity index (χ4v) is 2.91. The van der Waals surface area contributed by atoms with E-state index in [1.165, 1.54) is 6.07 Å². The van der Waals surface area contributed by atoms with Crippen molar-refractivity contribution < 1.29 is 17.9 Å². The molecule has 6 nitrogen and oxygen atoms in total. The van der Waals surface area contributed by atoms with Gasteiger partial charge in [0.2, 0.25) is 15.9 Å². The summed E-state index contributed by atoms with van der Waals surface area (Å²) in [4.78, 5) is 11.5. The van der Waals surface area contributed by atoms with Crippen molar-refractivity contribution in [2.75, 3.05) is 6.61 Å². The fraction of sp³-hybridized carbons (Fsp3) is 0.500. The molecule has 1 aromatic carbocycles. The quantitative estimate of drug-likeness (QED) is 0.818. The molecule has 0 unspecified atom stereocenters. The largest absolute Gasteiger partial charge is 0.491 e. The molecule has 2 rings (SSSR count). The van der Waals surface area contributed by atoms with Gasteiger partial charge < -0.3 is 10.1 Å². The number of nitrogens with two attached hydrogens (primary N) is 1. The standard InChI is InChI=1S/C14H20N2O4S/c1-9-7-10(2)14(12(8-9)21(15,18)19)20-6-5-13(17)16-11-3-4-11/h7-8,11H,3-6H2,1-2H3,(H,16,17)(H2,15,18,19). The Hall–Kier alpha value is -1.60. The molecule has 0 bridgehead atoms. The van der Waals surface area contributed by atoms with Crippen LogP contribution < -0.4 is 15.2 Å². The van der Waals surface area contributed by atoms with E-state index < -0.39 is 10.0 Å². The first-order chi connectivity index (χ1) is 9.77. The number of benzene rings is 1. The average Bonchev–Trinajstić information content (AvgIpc) is 3.13. The topological polar surface area (TPSA) is 98.5 Å². The maximum atomic E-state index is 11.6. The van der Waals surface area contributed by atoms with Crippen LogP contribution in [0.15, 0.2) is 17.0 Å². The molecule has 0 atom stereocenters. The molecule has 0 aromatic heterocycles. The van der Waals surface area contributed by atoms with Crippen molar-refractivity contribution in [3.05, 3.63) is 23.3 Å². The molecular formula is C14H20N2O4S. The number of hydrogen-bond acceptors (Lipinski definition) is 4. The Morgan fingerprint density at radius 1 is 1.38 bits per heavy atom. The van der Waals surface area contributed by atoms with Crippen LogP contribution in [0.3, 0.4) is 0 Å². The summed E-state index contributed by atoms with van der Waals surface area (Å²) in [6.07, 6.45) is 2.24. The summed E-state index contributed by atoms with van der Waals surface area (Å²) in [7, 11) is -3.86. The number of hydrogen-bond donors (Lipinski definition) is 2. The highest BCUT2D eigenvalue weighted by Crippen LogP contribution is 2.28. The number of nitrogens with one attached hydrogen (secondary N) is 1. The highest BCUT2D eigenvalue weighted by atomic mass is 32.2. The molecule has 7 heteroatoms. The summed E-state index contributed by atoms with van der Waals surface area (Å²) in [5.41, 5.74) is 1.47. The van der Waals surface area contributed by atoms with Crippen LogP contribution in [-0.4, -0.2) is 27.0 Å². The minimum atomic E-state index is -3.86. The molecule has 1 aliphatic carbocycles. The van der Waals surface area contributed by atoms with Gasteiger partial charge >= 0.3 is 0 Å². The van der Waals surface area contributed by atoms with Crippen LogP contribution in [0.5, 0.6) is 5.75 Å². The molecule has 0 saturated heterocycles. The molecule has 21 heavy (non-hydrogen) atoms. The van der Waals surface area contributed by atoms with E-state index in [1.54, 1.807) is 13.8 Å². The van der Waals surface area contributed by atoms with Gasteiger partial charge in [0.25, 0.3) is 0 Å². The van der Waals surface area contributed by atoms with Crippen molar-refractivity contribution in [3.8, 4) is 5.75 Å². The number of amides is 1. The Bertz CT molecular complexity index is 651. The highest BCUT2D eigenvalue weighted by Gasteiger charge is 2.23. The third-order valence-corrected chi connectivity index (χ3v) is 4.13. The summed E-state index contributed by atoms with van der Waals surface area (Å²) in [6.45, 7) is 3.65. The lowest BCUT2D eigenvalue weighted by molar-refractivity contribution is -0.121. The van der Waals surface area contributed by atoms with E-state index in [0.29, 0.717) is 11.6 Å². The van der Waals surface area contributed by atoms with Crippen LogP contribution in [0.25, 0.3) is 0 Å². The Balaban J connectivity index is 2.06. The number of carbonyl (C=O) groups excluding carboxylic acids is 1. The van der Waals surface area contributed by atoms with Gasteiger partial charge in [0.05, 0.1) is 13.0 Å². The molecule has 0 radical (unpaired) electrons. The fourth-order valence-electron chi connectivity index (χ4n) is 2.08. The van der Waals surface area contributed by atoms with Crippen LogP contribution in [-0.2, 0) is 14.8 Å². The number of aryl methyl sites for hydroxylation is 2. The summed E-state index contributed by atoms with van der Waals surface area (Å²) >= 11 is 0. The van der Waals surface area contributed by atoms with E-state index in [1.807, 2.05) is 6.07 Å². The van der Waals surface area contributed by atoms with E-state index in [0.717, 1.165) is 18.4 Å². The minimum absolute atomic E-state index is 0.0393. The third kappa shape index (κ3) is 4.44. The maximum Gasteiger partial charge on any atom is 0.241 e. The first kappa shape index (κ1) is 15.8. The van der Waals surface area contributed by atoms with E-state index in [4.69, 9.17) is 9.88 Å². The zero-order chi connectivity index (χ0) is 15.6. The zero-order valence-electron chi connectivity index (χ0n) is 12.2. The van der Waals surface area contributed by atoms with E-state index in [-0.39, 0.29) is 29.6 Å². The van der Waals surface area contributed by atoms with Crippen LogP contribution in [0.1, 0.15) is 30.4 Å². The van der Waals surface area contributed by atoms with Crippen LogP contribution in [0.4, 0.5) is 0 Å². The van der Waals surface area contributed by atoms with Crippen molar-refractivity contribution in [1.29, 1.82) is 0 Å². The van der Waals surface area contributed by atoms with Gasteiger partial charge in [-0.3, -0.25) is 4.79 Å². The second kappa shape index (κ2) is 6.03. The molecule has 1 saturated carbocycles. The number of ether oxygens (including phenoxy) is 1. The lowest BCUT2D eigenvalue weighted by Gasteiger charge is -2.14. The van der Waals surface area contributed by atoms with Gasteiger partial charge in [0.15, 0.2) is 0 Å². The lowest BCUT2D eigenvalue weighted by atomic mass is 10.1. The van der Waals surface area contributed by atoms with E-state index in [2.05, 4.69) is 5.32 Å². The normalized spacial score (nSPS) is 14.8. The smallest absolute Gasteiger partial charge is 0.241 e. The van der Waals surface area contributed by atoms with Crippen molar-refractivity contribution in [2.24, 2.45) is 5.14 Å². The van der Waals surface area contributed by atoms with Crippen LogP contribution in [0, 0.1) is 13.8 Å². The van der Waals surface area contributed by atoms with Gasteiger partial charge in [-0.05, 0) is 43.9 Å². The van der Waals surface area contributed by atoms with Crippen molar-refractivity contribution >= 4 is 15.9 Å². The number of sulfonamides is 1. The maximum absolute atomic E-state index is 11.6. The molecule has 0 spiro atoms. The van der Waals surface area contributed by atoms with Gasteiger partial charge in [-0.15, -0.1) is 0 Å². The highest BCUT2D eigenvalue weighted by molar-refractivity contribution is 7.89. The molecule has 1 fully saturated rings. The molecule has 1 aliphatic rings. The third-order valence-electron chi connectivity index (χ3n) is 3.21. The summed E-state index contributed by atoms with van der Waals surface area (Å²) in [5.74, 6) is 0.141. The van der Waals surface area contributed by atoms with E-state index in [9.17, 15) is 13.2 Å². The second-order valence-electron chi connectivity index (χ2n) is 5.39. The Kier molecular flexibility index (Phi) is 4.53. The number of carbonyl (C=O) groups is 1. The molecule has 1 amide bonds. The molecular weight excluding hydrogens is 292 g/mol. The molecule has 1 aromatic rings. The Morgan fingerprint density at radius 3 is 2.62 bits per heavy atom. The molecule has 0 aliphatic heterocycles. The average molecular weight is 312 g/mol. The monoisotopic (exact) mass is 312 g/mol. The van der Waals surface area contributed by atoms with E-state index >= 15 is 0 Å². The van der Waals surface area contributed by atoms with Crippen LogP contribution >= 0.6 is 0 Å². The predicted molar refractivity (Wildman–Crippen MR) is 78.6 cm³/mol. The molecule has 116 valence electrons. The lowest BCUT2D eigenvalue weighted by Crippen LogP contribution is -2.27. The van der Waals surface area contributed by atoms with Crippen molar-refractivity contribution in [3.63, 3.8) is 0 Å². The summed E-state index contributed by atoms with van der Waals surface area (Å²) < 4.78 is 28.8. The predicted octanol–water partition coefficient (Wildman–Crippen LogP) is 0.998. The van der Waals surface area contributed by atoms with Crippen molar-refractivity contribution in [1.82, 2.24) is 5.32 Å². The summed E-state index contributed by atoms with van der Waals surface area (Å²) in [6, 6.07) is 3.59. The number of primary sulfonamides is 1. The Labute approximate surface area is 124 Å². The van der Waals surface area contributed by atoms with Gasteiger partial charge in [-0.1, -0.05) is 6.07 Å². The van der Waals surface area contributed by atoms with Crippen molar-refractivity contribution in [2.45, 2.75) is 44.0 Å². The summed E-state index contributed by atoms with van der Waals surface area (Å²) in [5, 5.41) is 8.06. The van der Waals surface area contributed by atoms with Gasteiger partial charge in [0, 0.05) is 6.04 Å². The molecule has 3 N–H and O–H groups in total. The zero-order valence-corrected chi connectivity index (χ0v) is 13.0. The number of rotatable bonds is 6. The SMILES string of the molecule is Cc1cc(C)c(OCCC(=O)NC2CC2)c(S(N)(=O)=O)c1. The molecule has 0 heterocycles. The minimum Gasteiger partial charge on any atom is -0.491 e. The first-order valence-electron chi connectivity index (χ1n) is 6.83.